The molecule has 0 amide bonds. The maximum absolute atomic E-state index is 10.5. The number of hydrogen-bond donors (Lipinski definition) is 1. The van der Waals surface area contributed by atoms with Gasteiger partial charge < -0.3 is 10.1 Å². The van der Waals surface area contributed by atoms with Gasteiger partial charge in [0.2, 0.25) is 5.88 Å². The van der Waals surface area contributed by atoms with Gasteiger partial charge in [0.1, 0.15) is 0 Å². The monoisotopic (exact) mass is 438 g/mol. The first kappa shape index (κ1) is 24.6. The van der Waals surface area contributed by atoms with E-state index in [1.807, 2.05) is 25.2 Å². The van der Waals surface area contributed by atoms with E-state index in [4.69, 9.17) is 16.3 Å². The first-order valence-corrected chi connectivity index (χ1v) is 10.8. The Morgan fingerprint density at radius 1 is 1.03 bits per heavy atom. The second-order valence-corrected chi connectivity index (χ2v) is 8.35. The molecule has 0 aliphatic rings. The topological polar surface area (TPSA) is 51.2 Å². The van der Waals surface area contributed by atoms with Crippen LogP contribution in [0.1, 0.15) is 37.8 Å². The average Bonchev–Trinajstić information content (AvgIpc) is 2.79. The van der Waals surface area contributed by atoms with E-state index >= 15 is 0 Å². The summed E-state index contributed by atoms with van der Waals surface area (Å²) in [5, 5.41) is 4.16. The van der Waals surface area contributed by atoms with Crippen molar-refractivity contribution in [1.82, 2.24) is 10.3 Å². The van der Waals surface area contributed by atoms with Gasteiger partial charge in [-0.15, -0.1) is 0 Å². The molecule has 0 spiro atoms. The van der Waals surface area contributed by atoms with Crippen molar-refractivity contribution >= 4 is 17.9 Å². The molecular weight excluding hydrogens is 408 g/mol. The Kier molecular flexibility index (Phi) is 9.70. The fourth-order valence-corrected chi connectivity index (χ4v) is 3.19. The zero-order valence-electron chi connectivity index (χ0n) is 18.6. The Hall–Kier alpha value is -2.69. The number of likely N-dealkylation sites (N-methyl/N-ethyl adjacent to an activating group) is 1. The van der Waals surface area contributed by atoms with Gasteiger partial charge in [-0.3, -0.25) is 4.79 Å². The molecular formula is C26H31ClN2O2. The van der Waals surface area contributed by atoms with E-state index in [1.54, 1.807) is 32.2 Å². The highest BCUT2D eigenvalue weighted by Crippen LogP contribution is 2.25. The third-order valence-corrected chi connectivity index (χ3v) is 5.20. The molecule has 31 heavy (non-hydrogen) atoms. The number of rotatable bonds is 8. The van der Waals surface area contributed by atoms with Gasteiger partial charge in [0, 0.05) is 29.2 Å². The predicted octanol–water partition coefficient (Wildman–Crippen LogP) is 5.71. The number of carbonyl (C=O) groups excluding carboxylic acids is 1. The molecule has 0 saturated heterocycles. The minimum atomic E-state index is -0.797. The highest BCUT2D eigenvalue weighted by atomic mass is 35.5. The molecule has 0 aliphatic carbocycles. The SMILES string of the molecule is CC(C)(C=O)Oc1ccccn1.CNC(C)C(Cc1ccc(Cl)cc1)c1ccccc1. The van der Waals surface area contributed by atoms with E-state index in [1.165, 1.54) is 11.1 Å². The van der Waals surface area contributed by atoms with E-state index in [-0.39, 0.29) is 0 Å². The molecule has 0 aliphatic heterocycles. The number of ether oxygens (including phenoxy) is 1. The van der Waals surface area contributed by atoms with Crippen molar-refractivity contribution < 1.29 is 9.53 Å². The smallest absolute Gasteiger partial charge is 0.214 e. The van der Waals surface area contributed by atoms with Crippen molar-refractivity contribution in [3.63, 3.8) is 0 Å². The summed E-state index contributed by atoms with van der Waals surface area (Å²) >= 11 is 5.94. The largest absolute Gasteiger partial charge is 0.464 e. The van der Waals surface area contributed by atoms with E-state index < -0.39 is 5.60 Å². The molecule has 2 aromatic carbocycles. The minimum absolute atomic E-state index is 0.429. The van der Waals surface area contributed by atoms with Gasteiger partial charge in [0.25, 0.3) is 0 Å². The van der Waals surface area contributed by atoms with Gasteiger partial charge in [-0.1, -0.05) is 60.1 Å². The summed E-state index contributed by atoms with van der Waals surface area (Å²) in [6.45, 7) is 5.61. The number of aromatic nitrogens is 1. The lowest BCUT2D eigenvalue weighted by Crippen LogP contribution is -2.30. The molecule has 4 nitrogen and oxygen atoms in total. The molecule has 1 heterocycles. The average molecular weight is 439 g/mol. The molecule has 5 heteroatoms. The molecule has 2 unspecified atom stereocenters. The van der Waals surface area contributed by atoms with Crippen LogP contribution in [0, 0.1) is 0 Å². The normalized spacial score (nSPS) is 12.8. The highest BCUT2D eigenvalue weighted by Gasteiger charge is 2.19. The summed E-state index contributed by atoms with van der Waals surface area (Å²) in [4.78, 5) is 14.4. The summed E-state index contributed by atoms with van der Waals surface area (Å²) in [5.41, 5.74) is 1.90. The molecule has 0 fully saturated rings. The fraction of sp³-hybridized carbons (Fsp3) is 0.308. The van der Waals surface area contributed by atoms with Crippen LogP contribution in [0.15, 0.2) is 79.0 Å². The summed E-state index contributed by atoms with van der Waals surface area (Å²) in [7, 11) is 2.02. The van der Waals surface area contributed by atoms with Crippen LogP contribution in [0.5, 0.6) is 5.88 Å². The molecule has 3 rings (SSSR count). The standard InChI is InChI=1S/C17H20ClN.C9H11NO2/c1-13(19-2)17(15-6-4-3-5-7-15)12-14-8-10-16(18)11-9-14;1-9(2,7-11)12-8-5-3-4-6-10-8/h3-11,13,17,19H,12H2,1-2H3;3-7H,1-2H3. The maximum atomic E-state index is 10.5. The summed E-state index contributed by atoms with van der Waals surface area (Å²) in [5.74, 6) is 0.932. The van der Waals surface area contributed by atoms with Crippen LogP contribution in [0.4, 0.5) is 0 Å². The number of nitrogens with one attached hydrogen (secondary N) is 1. The van der Waals surface area contributed by atoms with Crippen molar-refractivity contribution in [2.75, 3.05) is 7.05 Å². The Bertz CT molecular complexity index is 900. The lowest BCUT2D eigenvalue weighted by atomic mass is 9.87. The van der Waals surface area contributed by atoms with Crippen molar-refractivity contribution in [3.8, 4) is 5.88 Å². The highest BCUT2D eigenvalue weighted by molar-refractivity contribution is 6.30. The third kappa shape index (κ3) is 8.52. The molecule has 0 saturated carbocycles. The number of carbonyl (C=O) groups is 1. The molecule has 1 N–H and O–H groups in total. The fourth-order valence-electron chi connectivity index (χ4n) is 3.06. The lowest BCUT2D eigenvalue weighted by molar-refractivity contribution is -0.119. The van der Waals surface area contributed by atoms with Crippen molar-refractivity contribution in [2.24, 2.45) is 0 Å². The number of nitrogens with zero attached hydrogens (tertiary/aromatic N) is 1. The second kappa shape index (κ2) is 12.2. The summed E-state index contributed by atoms with van der Waals surface area (Å²) in [6.07, 6.45) is 3.39. The van der Waals surface area contributed by atoms with Crippen LogP contribution < -0.4 is 10.1 Å². The first-order valence-electron chi connectivity index (χ1n) is 10.4. The van der Waals surface area contributed by atoms with Gasteiger partial charge in [-0.25, -0.2) is 4.98 Å². The third-order valence-electron chi connectivity index (χ3n) is 4.94. The zero-order chi connectivity index (χ0) is 22.7. The molecule has 1 aromatic heterocycles. The molecule has 0 bridgehead atoms. The quantitative estimate of drug-likeness (QED) is 0.457. The number of benzene rings is 2. The van der Waals surface area contributed by atoms with Crippen LogP contribution in [0.3, 0.4) is 0 Å². The number of halogens is 1. The van der Waals surface area contributed by atoms with Crippen molar-refractivity contribution in [1.29, 1.82) is 0 Å². The minimum Gasteiger partial charge on any atom is -0.464 e. The van der Waals surface area contributed by atoms with Crippen LogP contribution in [-0.2, 0) is 11.2 Å². The predicted molar refractivity (Wildman–Crippen MR) is 128 cm³/mol. The number of aldehydes is 1. The van der Waals surface area contributed by atoms with Crippen molar-refractivity contribution in [2.45, 2.75) is 44.8 Å². The number of hydrogen-bond acceptors (Lipinski definition) is 4. The maximum Gasteiger partial charge on any atom is 0.214 e. The second-order valence-electron chi connectivity index (χ2n) is 7.92. The van der Waals surface area contributed by atoms with E-state index in [0.717, 1.165) is 17.7 Å². The zero-order valence-corrected chi connectivity index (χ0v) is 19.3. The van der Waals surface area contributed by atoms with E-state index in [2.05, 4.69) is 59.7 Å². The van der Waals surface area contributed by atoms with Crippen LogP contribution in [0.25, 0.3) is 0 Å². The van der Waals surface area contributed by atoms with Crippen LogP contribution >= 0.6 is 11.6 Å². The van der Waals surface area contributed by atoms with Crippen LogP contribution in [-0.4, -0.2) is 30.0 Å². The van der Waals surface area contributed by atoms with Gasteiger partial charge in [0.05, 0.1) is 0 Å². The molecule has 0 radical (unpaired) electrons. The Morgan fingerprint density at radius 2 is 1.68 bits per heavy atom. The van der Waals surface area contributed by atoms with Gasteiger partial charge in [0.15, 0.2) is 11.9 Å². The Balaban J connectivity index is 0.000000245. The Labute approximate surface area is 190 Å². The van der Waals surface area contributed by atoms with Crippen LogP contribution in [0.2, 0.25) is 5.02 Å². The van der Waals surface area contributed by atoms with E-state index in [9.17, 15) is 4.79 Å². The number of pyridine rings is 1. The molecule has 2 atom stereocenters. The summed E-state index contributed by atoms with van der Waals surface area (Å²) in [6, 6.07) is 24.6. The van der Waals surface area contributed by atoms with E-state index in [0.29, 0.717) is 17.8 Å². The Morgan fingerprint density at radius 3 is 2.23 bits per heavy atom. The van der Waals surface area contributed by atoms with Gasteiger partial charge >= 0.3 is 0 Å². The van der Waals surface area contributed by atoms with Gasteiger partial charge in [-0.2, -0.15) is 0 Å². The lowest BCUT2D eigenvalue weighted by Gasteiger charge is -2.24. The summed E-state index contributed by atoms with van der Waals surface area (Å²) < 4.78 is 5.27. The van der Waals surface area contributed by atoms with Gasteiger partial charge in [-0.05, 0) is 63.6 Å². The molecule has 164 valence electrons. The molecule has 3 aromatic rings. The first-order chi connectivity index (χ1) is 14.8. The van der Waals surface area contributed by atoms with Crippen molar-refractivity contribution in [3.05, 3.63) is 95.1 Å².